The van der Waals surface area contributed by atoms with Crippen LogP contribution in [-0.2, 0) is 22.7 Å². The highest BCUT2D eigenvalue weighted by molar-refractivity contribution is 7.91. The van der Waals surface area contributed by atoms with Crippen molar-refractivity contribution in [3.8, 4) is 0 Å². The van der Waals surface area contributed by atoms with Crippen molar-refractivity contribution in [3.05, 3.63) is 17.5 Å². The number of aryl methyl sites for hydroxylation is 1. The smallest absolute Gasteiger partial charge is 0.191 e. The summed E-state index contributed by atoms with van der Waals surface area (Å²) in [4.78, 5) is 4.70. The first-order valence-electron chi connectivity index (χ1n) is 10.1. The standard InChI is InChI=1S/C19H33N5O2S/c1-13(2)21-19(20-10-15-7-8-27(25,26)12-15)22-17-6-5-16-11-24(14(3)4)23-18(16)9-17/h11,13-15,17H,5-10,12H2,1-4H3,(H2,20,21,22). The van der Waals surface area contributed by atoms with Crippen molar-refractivity contribution in [3.63, 3.8) is 0 Å². The largest absolute Gasteiger partial charge is 0.354 e. The van der Waals surface area contributed by atoms with Gasteiger partial charge in [0.25, 0.3) is 0 Å². The molecule has 1 aliphatic heterocycles. The van der Waals surface area contributed by atoms with Crippen molar-refractivity contribution in [1.29, 1.82) is 0 Å². The van der Waals surface area contributed by atoms with E-state index in [4.69, 9.17) is 10.1 Å². The number of hydrogen-bond donors (Lipinski definition) is 2. The van der Waals surface area contributed by atoms with Gasteiger partial charge in [0.15, 0.2) is 15.8 Å². The zero-order valence-corrected chi connectivity index (χ0v) is 17.7. The Morgan fingerprint density at radius 2 is 2.11 bits per heavy atom. The maximum atomic E-state index is 11.7. The Hall–Kier alpha value is -1.57. The van der Waals surface area contributed by atoms with Gasteiger partial charge in [-0.15, -0.1) is 0 Å². The molecule has 2 atom stereocenters. The van der Waals surface area contributed by atoms with E-state index in [2.05, 4.69) is 49.2 Å². The molecule has 1 saturated heterocycles. The number of aliphatic imine (C=N–C) groups is 1. The van der Waals surface area contributed by atoms with E-state index in [1.54, 1.807) is 0 Å². The van der Waals surface area contributed by atoms with Crippen LogP contribution in [0.25, 0.3) is 0 Å². The highest BCUT2D eigenvalue weighted by Crippen LogP contribution is 2.22. The highest BCUT2D eigenvalue weighted by Gasteiger charge is 2.28. The van der Waals surface area contributed by atoms with Crippen LogP contribution in [0.4, 0.5) is 0 Å². The van der Waals surface area contributed by atoms with Gasteiger partial charge >= 0.3 is 0 Å². The molecule has 0 bridgehead atoms. The van der Waals surface area contributed by atoms with Gasteiger partial charge in [0.1, 0.15) is 0 Å². The summed E-state index contributed by atoms with van der Waals surface area (Å²) in [6.45, 7) is 9.02. The van der Waals surface area contributed by atoms with E-state index < -0.39 is 9.84 Å². The molecule has 0 saturated carbocycles. The third-order valence-electron chi connectivity index (χ3n) is 5.23. The quantitative estimate of drug-likeness (QED) is 0.585. The molecule has 0 amide bonds. The SMILES string of the molecule is CC(C)NC(=NCC1CCS(=O)(=O)C1)NC1CCc2cn(C(C)C)nc2C1. The van der Waals surface area contributed by atoms with Crippen molar-refractivity contribution in [2.24, 2.45) is 10.9 Å². The molecule has 152 valence electrons. The number of aromatic nitrogens is 2. The van der Waals surface area contributed by atoms with E-state index in [1.165, 1.54) is 11.3 Å². The fourth-order valence-electron chi connectivity index (χ4n) is 3.74. The molecule has 1 fully saturated rings. The lowest BCUT2D eigenvalue weighted by Gasteiger charge is -2.25. The molecule has 2 heterocycles. The van der Waals surface area contributed by atoms with Gasteiger partial charge < -0.3 is 10.6 Å². The molecule has 2 unspecified atom stereocenters. The maximum Gasteiger partial charge on any atom is 0.191 e. The lowest BCUT2D eigenvalue weighted by molar-refractivity contribution is 0.495. The van der Waals surface area contributed by atoms with Crippen LogP contribution in [0.15, 0.2) is 11.2 Å². The molecule has 7 nitrogen and oxygen atoms in total. The Kier molecular flexibility index (Phi) is 6.13. The number of hydrogen-bond acceptors (Lipinski definition) is 4. The van der Waals surface area contributed by atoms with Gasteiger partial charge in [-0.25, -0.2) is 8.42 Å². The van der Waals surface area contributed by atoms with Gasteiger partial charge in [-0.1, -0.05) is 0 Å². The van der Waals surface area contributed by atoms with Crippen LogP contribution in [0.3, 0.4) is 0 Å². The van der Waals surface area contributed by atoms with E-state index in [0.717, 1.165) is 31.6 Å². The number of guanidine groups is 1. The highest BCUT2D eigenvalue weighted by atomic mass is 32.2. The molecule has 1 aliphatic carbocycles. The molecule has 3 rings (SSSR count). The minimum Gasteiger partial charge on any atom is -0.354 e. The lowest BCUT2D eigenvalue weighted by Crippen LogP contribution is -2.48. The molecular formula is C19H33N5O2S. The van der Waals surface area contributed by atoms with E-state index >= 15 is 0 Å². The minimum atomic E-state index is -2.85. The zero-order chi connectivity index (χ0) is 19.6. The number of rotatable bonds is 5. The Morgan fingerprint density at radius 1 is 1.33 bits per heavy atom. The first kappa shape index (κ1) is 20.2. The second-order valence-electron chi connectivity index (χ2n) is 8.52. The predicted molar refractivity (Wildman–Crippen MR) is 109 cm³/mol. The van der Waals surface area contributed by atoms with Crippen molar-refractivity contribution in [2.45, 2.75) is 71.5 Å². The lowest BCUT2D eigenvalue weighted by atomic mass is 9.94. The minimum absolute atomic E-state index is 0.139. The fraction of sp³-hybridized carbons (Fsp3) is 0.789. The summed E-state index contributed by atoms with van der Waals surface area (Å²) in [6.07, 6.45) is 5.87. The Bertz CT molecular complexity index is 782. The van der Waals surface area contributed by atoms with Crippen LogP contribution in [-0.4, -0.2) is 54.3 Å². The van der Waals surface area contributed by atoms with Crippen molar-refractivity contribution >= 4 is 15.8 Å². The third-order valence-corrected chi connectivity index (χ3v) is 7.06. The number of nitrogens with zero attached hydrogens (tertiary/aromatic N) is 3. The summed E-state index contributed by atoms with van der Waals surface area (Å²) >= 11 is 0. The second kappa shape index (κ2) is 8.20. The first-order valence-corrected chi connectivity index (χ1v) is 11.9. The van der Waals surface area contributed by atoms with Gasteiger partial charge in [0.05, 0.1) is 17.2 Å². The fourth-order valence-corrected chi connectivity index (χ4v) is 5.59. The molecule has 0 spiro atoms. The molecule has 1 aromatic rings. The normalized spacial score (nSPS) is 25.0. The van der Waals surface area contributed by atoms with Gasteiger partial charge in [0, 0.05) is 37.3 Å². The van der Waals surface area contributed by atoms with Crippen LogP contribution in [0.5, 0.6) is 0 Å². The van der Waals surface area contributed by atoms with E-state index in [1.807, 2.05) is 0 Å². The molecule has 27 heavy (non-hydrogen) atoms. The predicted octanol–water partition coefficient (Wildman–Crippen LogP) is 1.70. The maximum absolute atomic E-state index is 11.7. The van der Waals surface area contributed by atoms with Crippen LogP contribution >= 0.6 is 0 Å². The van der Waals surface area contributed by atoms with Gasteiger partial charge in [0.2, 0.25) is 0 Å². The van der Waals surface area contributed by atoms with Crippen molar-refractivity contribution < 1.29 is 8.42 Å². The Morgan fingerprint density at radius 3 is 2.74 bits per heavy atom. The van der Waals surface area contributed by atoms with E-state index in [-0.39, 0.29) is 17.7 Å². The summed E-state index contributed by atoms with van der Waals surface area (Å²) < 4.78 is 25.4. The number of fused-ring (bicyclic) bond motifs is 1. The van der Waals surface area contributed by atoms with Crippen molar-refractivity contribution in [2.75, 3.05) is 18.1 Å². The molecule has 8 heteroatoms. The van der Waals surface area contributed by atoms with Crippen molar-refractivity contribution in [1.82, 2.24) is 20.4 Å². The Balaban J connectivity index is 1.63. The first-order chi connectivity index (χ1) is 12.7. The molecule has 0 aromatic carbocycles. The molecule has 2 aliphatic rings. The van der Waals surface area contributed by atoms with E-state index in [9.17, 15) is 8.42 Å². The summed E-state index contributed by atoms with van der Waals surface area (Å²) in [6, 6.07) is 0.942. The Labute approximate surface area is 162 Å². The van der Waals surface area contributed by atoms with Crippen LogP contribution < -0.4 is 10.6 Å². The monoisotopic (exact) mass is 395 g/mol. The molecule has 0 radical (unpaired) electrons. The molecule has 1 aromatic heterocycles. The van der Waals surface area contributed by atoms with Gasteiger partial charge in [-0.2, -0.15) is 5.10 Å². The van der Waals surface area contributed by atoms with E-state index in [0.29, 0.717) is 24.4 Å². The average Bonchev–Trinajstić information content (AvgIpc) is 3.14. The summed E-state index contributed by atoms with van der Waals surface area (Å²) in [7, 11) is -2.85. The number of nitrogens with one attached hydrogen (secondary N) is 2. The average molecular weight is 396 g/mol. The van der Waals surface area contributed by atoms with Crippen LogP contribution in [0.2, 0.25) is 0 Å². The molecule has 2 N–H and O–H groups in total. The summed E-state index contributed by atoms with van der Waals surface area (Å²) in [5, 5.41) is 11.7. The second-order valence-corrected chi connectivity index (χ2v) is 10.7. The van der Waals surface area contributed by atoms with Crippen LogP contribution in [0.1, 0.15) is 57.8 Å². The zero-order valence-electron chi connectivity index (χ0n) is 16.9. The van der Waals surface area contributed by atoms with Crippen LogP contribution in [0, 0.1) is 5.92 Å². The van der Waals surface area contributed by atoms with Gasteiger partial charge in [-0.05, 0) is 58.4 Å². The number of sulfone groups is 1. The summed E-state index contributed by atoms with van der Waals surface area (Å²) in [5.41, 5.74) is 2.53. The third kappa shape index (κ3) is 5.46. The summed E-state index contributed by atoms with van der Waals surface area (Å²) in [5.74, 6) is 1.49. The van der Waals surface area contributed by atoms with Gasteiger partial charge in [-0.3, -0.25) is 9.67 Å². The molecular weight excluding hydrogens is 362 g/mol. The topological polar surface area (TPSA) is 88.4 Å².